The van der Waals surface area contributed by atoms with Gasteiger partial charge >= 0.3 is 11.9 Å². The number of halogens is 2. The normalized spacial score (nSPS) is 15.3. The number of Topliss-reactive ketones (excluding diaryl/α,β-unsaturated/α-hetero) is 1. The molecule has 87 heavy (non-hydrogen) atoms. The Morgan fingerprint density at radius 3 is 1.49 bits per heavy atom. The Morgan fingerprint density at radius 1 is 0.632 bits per heavy atom. The van der Waals surface area contributed by atoms with E-state index in [1.165, 1.54) is 91.8 Å². The van der Waals surface area contributed by atoms with Crippen LogP contribution in [0, 0.1) is 6.92 Å². The summed E-state index contributed by atoms with van der Waals surface area (Å²) >= 11 is 15.0. The first-order valence-electron chi connectivity index (χ1n) is 28.8. The summed E-state index contributed by atoms with van der Waals surface area (Å²) in [5.74, 6) is 1.13. The summed E-state index contributed by atoms with van der Waals surface area (Å²) in [5.41, 5.74) is 3.14. The predicted molar refractivity (Wildman–Crippen MR) is 351 cm³/mol. The highest BCUT2D eigenvalue weighted by Gasteiger charge is 2.26. The number of carbonyl (C=O) groups excluding carboxylic acids is 4. The number of ether oxygens (including phenoxy) is 2. The van der Waals surface area contributed by atoms with Crippen LogP contribution < -0.4 is 21.5 Å². The number of rotatable bonds is 18. The standard InChI is InChI=1S/C14H16BrN3O2S.C13H19N3O2S.C12H17N3OS.C11H15N3OS.C8H9ClN2O2S/c1-8-10-7-16-14(21(2)20)17-12(10)18(13(19)11(8)15)9-5-3-4-6-9;1-3-18-12(17)10-8-14-13(19-2)16-11(10)15-9-6-4-5-7-9;1-8(16)10-7-13-12(17-2)15-11(10)14-9-5-3-4-6-9;1-16-11-12-6-8(7-15)10(14-11)13-9-4-2-3-5-9;1-3-13-7(12)5-4-10-8(14-2)11-6(5)9/h7,9H,3-6H2,1-2H3;8-9H,3-7H2,1-2H3,(H,14,15,16);7,9H,3-6H2,1-2H3,(H,13,14,15);6-7,9H,2-5H2,1H3,(H,12,13,14);4H,3H2,1-2H3. The average molecular weight is 1370 g/mol. The van der Waals surface area contributed by atoms with Crippen molar-refractivity contribution in [2.24, 2.45) is 0 Å². The molecule has 0 aromatic carbocycles. The van der Waals surface area contributed by atoms with E-state index in [0.717, 1.165) is 81.4 Å². The highest BCUT2D eigenvalue weighted by Crippen LogP contribution is 2.33. The Bertz CT molecular complexity index is 3390. The van der Waals surface area contributed by atoms with Crippen LogP contribution in [0.5, 0.6) is 0 Å². The number of pyridine rings is 1. The molecule has 10 rings (SSSR count). The highest BCUT2D eigenvalue weighted by molar-refractivity contribution is 9.10. The molecule has 22 nitrogen and oxygen atoms in total. The van der Waals surface area contributed by atoms with Crippen LogP contribution in [0.4, 0.5) is 17.5 Å². The van der Waals surface area contributed by atoms with E-state index in [4.69, 9.17) is 21.1 Å². The van der Waals surface area contributed by atoms with Crippen molar-refractivity contribution in [1.82, 2.24) is 54.4 Å². The molecule has 6 aromatic heterocycles. The summed E-state index contributed by atoms with van der Waals surface area (Å²) in [5, 5.41) is 13.9. The van der Waals surface area contributed by atoms with E-state index in [1.54, 1.807) is 56.4 Å². The zero-order chi connectivity index (χ0) is 63.0. The van der Waals surface area contributed by atoms with Gasteiger partial charge in [-0.25, -0.2) is 59.4 Å². The van der Waals surface area contributed by atoms with E-state index >= 15 is 0 Å². The summed E-state index contributed by atoms with van der Waals surface area (Å²) in [6, 6.07) is 1.49. The average Bonchev–Trinajstić information content (AvgIpc) is 1.65. The number of thioether (sulfide) groups is 4. The third-order valence-electron chi connectivity index (χ3n) is 14.4. The fourth-order valence-electron chi connectivity index (χ4n) is 9.95. The lowest BCUT2D eigenvalue weighted by atomic mass is 10.1. The van der Waals surface area contributed by atoms with Gasteiger partial charge in [-0.3, -0.25) is 23.2 Å². The van der Waals surface area contributed by atoms with Gasteiger partial charge < -0.3 is 25.4 Å². The van der Waals surface area contributed by atoms with Gasteiger partial charge in [0.25, 0.3) is 5.56 Å². The topological polar surface area (TPSA) is 291 Å². The predicted octanol–water partition coefficient (Wildman–Crippen LogP) is 12.6. The van der Waals surface area contributed by atoms with Crippen LogP contribution in [-0.2, 0) is 20.3 Å². The first-order chi connectivity index (χ1) is 42.0. The molecule has 0 amide bonds. The lowest BCUT2D eigenvalue weighted by Crippen LogP contribution is -2.26. The van der Waals surface area contributed by atoms with E-state index in [1.807, 2.05) is 31.9 Å². The zero-order valence-corrected chi connectivity index (χ0v) is 56.9. The zero-order valence-electron chi connectivity index (χ0n) is 50.5. The Balaban J connectivity index is 0.000000175. The van der Waals surface area contributed by atoms with E-state index < -0.39 is 16.8 Å². The first-order valence-corrected chi connectivity index (χ1v) is 36.4. The molecule has 0 bridgehead atoms. The largest absolute Gasteiger partial charge is 0.462 e. The molecule has 3 N–H and O–H groups in total. The van der Waals surface area contributed by atoms with Crippen molar-refractivity contribution >= 4 is 138 Å². The molecule has 4 saturated carbocycles. The van der Waals surface area contributed by atoms with Crippen molar-refractivity contribution in [2.45, 2.75) is 180 Å². The summed E-state index contributed by atoms with van der Waals surface area (Å²) in [4.78, 5) is 100. The highest BCUT2D eigenvalue weighted by atomic mass is 79.9. The van der Waals surface area contributed by atoms with Gasteiger partial charge in [0, 0.05) is 66.8 Å². The molecule has 6 aromatic rings. The van der Waals surface area contributed by atoms with Gasteiger partial charge in [0.05, 0.1) is 39.6 Å². The molecule has 4 aliphatic rings. The maximum absolute atomic E-state index is 12.7. The second-order valence-corrected chi connectivity index (χ2v) is 25.9. The molecule has 0 spiro atoms. The molecule has 1 unspecified atom stereocenters. The van der Waals surface area contributed by atoms with Crippen molar-refractivity contribution in [2.75, 3.05) is 60.4 Å². The Morgan fingerprint density at radius 2 is 1.05 bits per heavy atom. The molecule has 4 fully saturated rings. The number of anilines is 3. The number of carbonyl (C=O) groups is 4. The van der Waals surface area contributed by atoms with Gasteiger partial charge in [-0.05, 0) is 126 Å². The number of ketones is 1. The smallest absolute Gasteiger partial charge is 0.343 e. The summed E-state index contributed by atoms with van der Waals surface area (Å²) < 4.78 is 23.8. The van der Waals surface area contributed by atoms with Crippen LogP contribution in [0.25, 0.3) is 11.0 Å². The van der Waals surface area contributed by atoms with Gasteiger partial charge in [0.1, 0.15) is 39.4 Å². The van der Waals surface area contributed by atoms with Crippen molar-refractivity contribution < 1.29 is 32.9 Å². The third-order valence-corrected chi connectivity index (χ3v) is 18.6. The van der Waals surface area contributed by atoms with E-state index in [-0.39, 0.29) is 39.2 Å². The minimum Gasteiger partial charge on any atom is -0.462 e. The van der Waals surface area contributed by atoms with Crippen molar-refractivity contribution in [3.63, 3.8) is 0 Å². The van der Waals surface area contributed by atoms with Crippen molar-refractivity contribution in [3.8, 4) is 0 Å². The Kier molecular flexibility index (Phi) is 29.5. The van der Waals surface area contributed by atoms with Crippen LogP contribution in [0.2, 0.25) is 5.15 Å². The Labute approximate surface area is 540 Å². The van der Waals surface area contributed by atoms with Crippen molar-refractivity contribution in [1.29, 1.82) is 0 Å². The molecule has 470 valence electrons. The number of aryl methyl sites for hydroxylation is 1. The van der Waals surface area contributed by atoms with Crippen LogP contribution in [0.15, 0.2) is 66.0 Å². The molecule has 0 radical (unpaired) electrons. The second-order valence-electron chi connectivity index (χ2n) is 20.3. The molecule has 0 aliphatic heterocycles. The maximum atomic E-state index is 12.7. The number of hydrogen-bond donors (Lipinski definition) is 3. The van der Waals surface area contributed by atoms with Gasteiger partial charge in [-0.1, -0.05) is 110 Å². The van der Waals surface area contributed by atoms with Gasteiger partial charge in [-0.15, -0.1) is 0 Å². The number of fused-ring (bicyclic) bond motifs is 1. The molecular weight excluding hydrogens is 1300 g/mol. The van der Waals surface area contributed by atoms with Gasteiger partial charge in [0.2, 0.25) is 5.16 Å². The van der Waals surface area contributed by atoms with Crippen LogP contribution in [-0.4, -0.2) is 145 Å². The van der Waals surface area contributed by atoms with E-state index in [9.17, 15) is 28.2 Å². The SMILES string of the molecule is CCOC(=O)c1cnc(SC)nc1Cl.CCOC(=O)c1cnc(SC)nc1NC1CCCC1.CSc1ncc(C(C)=O)c(NC2CCCC2)n1.CSc1ncc(C=O)c(NC2CCCC2)n1.Cc1c(Br)c(=O)n(C2CCCC2)c2nc(S(C)=O)ncc12. The van der Waals surface area contributed by atoms with Crippen LogP contribution in [0.1, 0.15) is 177 Å². The second kappa shape index (κ2) is 36.3. The quantitative estimate of drug-likeness (QED) is 0.0180. The molecule has 4 aliphatic carbocycles. The van der Waals surface area contributed by atoms with E-state index in [0.29, 0.717) is 96.2 Å². The van der Waals surface area contributed by atoms with Gasteiger partial charge in [0.15, 0.2) is 32.7 Å². The molecule has 29 heteroatoms. The minimum absolute atomic E-state index is 0.0122. The number of aromatic nitrogens is 11. The van der Waals surface area contributed by atoms with E-state index in [2.05, 4.69) is 81.7 Å². The first kappa shape index (κ1) is 70.7. The fraction of sp³-hybridized carbons (Fsp3) is 0.534. The number of hydrogen-bond acceptors (Lipinski definition) is 25. The molecule has 1 atom stereocenters. The molecular formula is C58H76BrClN14O8S5. The summed E-state index contributed by atoms with van der Waals surface area (Å²) in [6.07, 6.45) is 36.4. The monoisotopic (exact) mass is 1370 g/mol. The van der Waals surface area contributed by atoms with Crippen LogP contribution in [0.3, 0.4) is 0 Å². The number of nitrogens with zero attached hydrogens (tertiary/aromatic N) is 11. The fourth-order valence-corrected chi connectivity index (χ4v) is 12.4. The third kappa shape index (κ3) is 20.6. The molecule has 0 saturated heterocycles. The summed E-state index contributed by atoms with van der Waals surface area (Å²) in [7, 11) is -1.26. The van der Waals surface area contributed by atoms with Gasteiger partial charge in [-0.2, -0.15) is 0 Å². The summed E-state index contributed by atoms with van der Waals surface area (Å²) in [6.45, 7) is 7.60. The van der Waals surface area contributed by atoms with Crippen LogP contribution >= 0.6 is 74.6 Å². The minimum atomic E-state index is -1.26. The maximum Gasteiger partial charge on any atom is 0.343 e. The Hall–Kier alpha value is -5.39. The molecule has 6 heterocycles. The lowest BCUT2D eigenvalue weighted by Gasteiger charge is -2.18. The van der Waals surface area contributed by atoms with Crippen molar-refractivity contribution in [3.05, 3.63) is 78.8 Å². The number of aldehydes is 1. The lowest BCUT2D eigenvalue weighted by molar-refractivity contribution is 0.0516. The number of nitrogens with one attached hydrogen (secondary N) is 3. The number of esters is 2.